The number of carbonyl (C=O) groups is 2. The highest BCUT2D eigenvalue weighted by Crippen LogP contribution is 2.44. The molecule has 1 aromatic heterocycles. The van der Waals surface area contributed by atoms with Crippen molar-refractivity contribution in [3.05, 3.63) is 46.7 Å². The number of benzene rings is 1. The number of carbonyl (C=O) groups excluding carboxylic acids is 2. The van der Waals surface area contributed by atoms with E-state index >= 15 is 0 Å². The van der Waals surface area contributed by atoms with Gasteiger partial charge in [-0.05, 0) is 42.9 Å². The highest BCUT2D eigenvalue weighted by molar-refractivity contribution is 6.30. The highest BCUT2D eigenvalue weighted by Gasteiger charge is 2.52. The summed E-state index contributed by atoms with van der Waals surface area (Å²) in [5.74, 6) is 1.57. The van der Waals surface area contributed by atoms with Crippen molar-refractivity contribution < 1.29 is 9.59 Å². The Morgan fingerprint density at radius 3 is 2.76 bits per heavy atom. The lowest BCUT2D eigenvalue weighted by molar-refractivity contribution is -0.133. The molecule has 2 aromatic rings. The highest BCUT2D eigenvalue weighted by atomic mass is 35.5. The maximum Gasteiger partial charge on any atom is 0.231 e. The van der Waals surface area contributed by atoms with Crippen molar-refractivity contribution in [3.8, 4) is 0 Å². The van der Waals surface area contributed by atoms with Crippen LogP contribution in [0.25, 0.3) is 0 Å². The molecule has 8 nitrogen and oxygen atoms in total. The number of hydrogen-bond donors (Lipinski definition) is 2. The Balaban J connectivity index is 1.21. The van der Waals surface area contributed by atoms with Gasteiger partial charge in [0.05, 0.1) is 18.0 Å². The van der Waals surface area contributed by atoms with E-state index in [1.54, 1.807) is 0 Å². The minimum atomic E-state index is -0.215. The molecular weight excluding hydrogens is 452 g/mol. The molecule has 3 heterocycles. The predicted octanol–water partition coefficient (Wildman–Crippen LogP) is 2.90. The number of nitrogens with one attached hydrogen (secondary N) is 2. The van der Waals surface area contributed by atoms with Crippen molar-refractivity contribution in [3.63, 3.8) is 0 Å². The fraction of sp³-hybridized carbons (Fsp3) is 0.520. The van der Waals surface area contributed by atoms with Crippen molar-refractivity contribution in [1.82, 2.24) is 20.2 Å². The van der Waals surface area contributed by atoms with Crippen LogP contribution < -0.4 is 15.5 Å². The molecule has 2 saturated carbocycles. The molecule has 9 heteroatoms. The summed E-state index contributed by atoms with van der Waals surface area (Å²) in [6.07, 6.45) is 5.28. The van der Waals surface area contributed by atoms with Crippen LogP contribution in [0.1, 0.15) is 55.6 Å². The molecule has 1 saturated heterocycles. The zero-order chi connectivity index (χ0) is 23.4. The second-order valence-corrected chi connectivity index (χ2v) is 10.4. The number of rotatable bonds is 6. The number of hydrogen-bond acceptors (Lipinski definition) is 6. The van der Waals surface area contributed by atoms with E-state index in [-0.39, 0.29) is 35.7 Å². The van der Waals surface area contributed by atoms with Gasteiger partial charge >= 0.3 is 0 Å². The van der Waals surface area contributed by atoms with E-state index in [4.69, 9.17) is 11.6 Å². The molecule has 6 rings (SSSR count). The average Bonchev–Trinajstić information content (AvgIpc) is 3.73. The first kappa shape index (κ1) is 21.8. The standard InChI is InChI=1S/C25H29ClN6O2/c1-14-10-21(33)30-23-22(14)24(29-13-28-23)31-8-9-32(20-11-19(20)31)25(34)18(12-27-17-6-7-17)15-2-4-16(26)5-3-15/h2-5,13-14,17-20,27H,6-12H2,1H3,(H,28,29,30,33)/t14?,18?,19-,20+/m0/s1. The molecule has 2 aliphatic heterocycles. The minimum absolute atomic E-state index is 0.00240. The molecule has 178 valence electrons. The van der Waals surface area contributed by atoms with Crippen molar-refractivity contribution in [1.29, 1.82) is 0 Å². The summed E-state index contributed by atoms with van der Waals surface area (Å²) < 4.78 is 0. The van der Waals surface area contributed by atoms with Gasteiger partial charge in [0.1, 0.15) is 18.0 Å². The third kappa shape index (κ3) is 4.03. The lowest BCUT2D eigenvalue weighted by Crippen LogP contribution is -2.51. The van der Waals surface area contributed by atoms with Crippen LogP contribution in [0.3, 0.4) is 0 Å². The summed E-state index contributed by atoms with van der Waals surface area (Å²) in [7, 11) is 0. The van der Waals surface area contributed by atoms with Crippen LogP contribution in [0, 0.1) is 0 Å². The largest absolute Gasteiger partial charge is 0.349 e. The first-order valence-electron chi connectivity index (χ1n) is 12.2. The first-order chi connectivity index (χ1) is 16.5. The van der Waals surface area contributed by atoms with Gasteiger partial charge in [-0.15, -0.1) is 0 Å². The zero-order valence-corrected chi connectivity index (χ0v) is 20.0. The molecule has 2 amide bonds. The Bertz CT molecular complexity index is 1120. The predicted molar refractivity (Wildman–Crippen MR) is 130 cm³/mol. The van der Waals surface area contributed by atoms with Crippen molar-refractivity contribution in [2.45, 2.75) is 62.6 Å². The maximum atomic E-state index is 13.8. The van der Waals surface area contributed by atoms with Gasteiger partial charge in [0.25, 0.3) is 0 Å². The third-order valence-electron chi connectivity index (χ3n) is 7.53. The normalized spacial score (nSPS) is 26.4. The van der Waals surface area contributed by atoms with E-state index in [0.29, 0.717) is 36.4 Å². The first-order valence-corrected chi connectivity index (χ1v) is 12.6. The third-order valence-corrected chi connectivity index (χ3v) is 7.78. The molecular formula is C25H29ClN6O2. The lowest BCUT2D eigenvalue weighted by Gasteiger charge is -2.38. The molecule has 34 heavy (non-hydrogen) atoms. The molecule has 4 atom stereocenters. The number of anilines is 2. The number of aromatic nitrogens is 2. The van der Waals surface area contributed by atoms with E-state index in [2.05, 4.69) is 37.3 Å². The average molecular weight is 481 g/mol. The van der Waals surface area contributed by atoms with Crippen LogP contribution in [0.4, 0.5) is 11.6 Å². The van der Waals surface area contributed by atoms with Gasteiger partial charge < -0.3 is 20.4 Å². The Morgan fingerprint density at radius 1 is 1.21 bits per heavy atom. The van der Waals surface area contributed by atoms with Crippen molar-refractivity contribution in [2.24, 2.45) is 0 Å². The summed E-state index contributed by atoms with van der Waals surface area (Å²) in [5, 5.41) is 7.13. The Morgan fingerprint density at radius 2 is 2.00 bits per heavy atom. The summed E-state index contributed by atoms with van der Waals surface area (Å²) in [5.41, 5.74) is 2.02. The topological polar surface area (TPSA) is 90.5 Å². The van der Waals surface area contributed by atoms with E-state index in [9.17, 15) is 9.59 Å². The van der Waals surface area contributed by atoms with Crippen molar-refractivity contribution >= 4 is 35.1 Å². The minimum Gasteiger partial charge on any atom is -0.349 e. The number of amides is 2. The quantitative estimate of drug-likeness (QED) is 0.660. The number of piperazine rings is 1. The number of halogens is 1. The molecule has 2 N–H and O–H groups in total. The maximum absolute atomic E-state index is 13.8. The van der Waals surface area contributed by atoms with Gasteiger partial charge in [0.2, 0.25) is 11.8 Å². The number of nitrogens with zero attached hydrogens (tertiary/aromatic N) is 4. The molecule has 0 bridgehead atoms. The fourth-order valence-corrected chi connectivity index (χ4v) is 5.60. The summed E-state index contributed by atoms with van der Waals surface area (Å²) in [6.45, 7) is 4.09. The Hall–Kier alpha value is -2.71. The van der Waals surface area contributed by atoms with E-state index in [1.165, 1.54) is 19.2 Å². The fourth-order valence-electron chi connectivity index (χ4n) is 5.47. The summed E-state index contributed by atoms with van der Waals surface area (Å²) in [6, 6.07) is 8.67. The zero-order valence-electron chi connectivity index (χ0n) is 19.2. The van der Waals surface area contributed by atoms with Crippen LogP contribution in [0.2, 0.25) is 5.02 Å². The van der Waals surface area contributed by atoms with Crippen LogP contribution in [-0.4, -0.2) is 64.4 Å². The molecule has 2 unspecified atom stereocenters. The summed E-state index contributed by atoms with van der Waals surface area (Å²) in [4.78, 5) is 39.1. The van der Waals surface area contributed by atoms with Gasteiger partial charge in [0.15, 0.2) is 0 Å². The number of fused-ring (bicyclic) bond motifs is 2. The Kier molecular flexibility index (Phi) is 5.45. The van der Waals surface area contributed by atoms with Crippen LogP contribution >= 0.6 is 11.6 Å². The van der Waals surface area contributed by atoms with Crippen molar-refractivity contribution in [2.75, 3.05) is 29.9 Å². The van der Waals surface area contributed by atoms with Gasteiger partial charge in [-0.3, -0.25) is 9.59 Å². The van der Waals surface area contributed by atoms with Gasteiger partial charge in [0, 0.05) is 42.7 Å². The van der Waals surface area contributed by atoms with Crippen LogP contribution in [-0.2, 0) is 9.59 Å². The summed E-state index contributed by atoms with van der Waals surface area (Å²) >= 11 is 6.10. The van der Waals surface area contributed by atoms with Gasteiger partial charge in [-0.25, -0.2) is 9.97 Å². The molecule has 3 fully saturated rings. The molecule has 0 radical (unpaired) electrons. The van der Waals surface area contributed by atoms with E-state index in [1.807, 2.05) is 24.3 Å². The Labute approximate surface area is 204 Å². The van der Waals surface area contributed by atoms with Gasteiger partial charge in [-0.2, -0.15) is 0 Å². The SMILES string of the molecule is CC1CC(=O)Nc2ncnc(N3CCN(C(=O)C(CNC4CC4)c4ccc(Cl)cc4)[C@@H]4C[C@@H]43)c21. The second kappa shape index (κ2) is 8.50. The second-order valence-electron chi connectivity index (χ2n) is 9.99. The molecule has 4 aliphatic rings. The van der Waals surface area contributed by atoms with Crippen LogP contribution in [0.15, 0.2) is 30.6 Å². The molecule has 0 spiro atoms. The van der Waals surface area contributed by atoms with Crippen LogP contribution in [0.5, 0.6) is 0 Å². The van der Waals surface area contributed by atoms with Gasteiger partial charge in [-0.1, -0.05) is 30.7 Å². The smallest absolute Gasteiger partial charge is 0.231 e. The van der Waals surface area contributed by atoms with E-state index in [0.717, 1.165) is 29.9 Å². The lowest BCUT2D eigenvalue weighted by atomic mass is 9.94. The monoisotopic (exact) mass is 480 g/mol. The van der Waals surface area contributed by atoms with E-state index < -0.39 is 0 Å². The molecule has 2 aliphatic carbocycles. The molecule has 1 aromatic carbocycles.